The first-order valence-corrected chi connectivity index (χ1v) is 9.46. The van der Waals surface area contributed by atoms with Crippen LogP contribution in [-0.4, -0.2) is 38.2 Å². The van der Waals surface area contributed by atoms with E-state index in [1.165, 1.54) is 14.0 Å². The van der Waals surface area contributed by atoms with Gasteiger partial charge in [0.25, 0.3) is 5.91 Å². The van der Waals surface area contributed by atoms with E-state index < -0.39 is 24.0 Å². The molecule has 0 heterocycles. The Morgan fingerprint density at radius 2 is 1.63 bits per heavy atom. The van der Waals surface area contributed by atoms with Gasteiger partial charge in [0.05, 0.1) is 14.2 Å². The van der Waals surface area contributed by atoms with E-state index in [-0.39, 0.29) is 13.0 Å². The average molecular weight is 414 g/mol. The third-order valence-electron chi connectivity index (χ3n) is 4.28. The summed E-state index contributed by atoms with van der Waals surface area (Å²) in [6, 6.07) is 14.0. The third-order valence-corrected chi connectivity index (χ3v) is 4.28. The predicted molar refractivity (Wildman–Crippen MR) is 110 cm³/mol. The number of rotatable bonds is 9. The lowest BCUT2D eigenvalue weighted by molar-refractivity contribution is -0.154. The minimum absolute atomic E-state index is 0.0767. The summed E-state index contributed by atoms with van der Waals surface area (Å²) in [4.78, 5) is 35.9. The van der Waals surface area contributed by atoms with Gasteiger partial charge in [-0.3, -0.25) is 14.9 Å². The van der Waals surface area contributed by atoms with Gasteiger partial charge in [-0.1, -0.05) is 36.4 Å². The number of ether oxygens (including phenoxy) is 3. The maximum Gasteiger partial charge on any atom is 0.321 e. The molecule has 2 N–H and O–H groups in total. The van der Waals surface area contributed by atoms with E-state index in [1.807, 2.05) is 36.4 Å². The number of esters is 1. The summed E-state index contributed by atoms with van der Waals surface area (Å²) in [5.74, 6) is -0.0746. The van der Waals surface area contributed by atoms with Gasteiger partial charge in [-0.05, 0) is 36.6 Å². The van der Waals surface area contributed by atoms with Crippen LogP contribution in [0.25, 0.3) is 0 Å². The number of aryl methyl sites for hydroxylation is 1. The largest absolute Gasteiger partial charge is 0.493 e. The standard InChI is InChI=1S/C22H26N2O6/c1-15(21(26)24-22(27)23-14-17-7-5-4-6-8-17)30-20(25)12-10-16-9-11-18(28-2)19(13-16)29-3/h4-9,11,13,15H,10,12,14H2,1-3H3,(H2,23,24,26,27)/t15-/m1/s1. The highest BCUT2D eigenvalue weighted by molar-refractivity contribution is 5.97. The monoisotopic (exact) mass is 414 g/mol. The number of hydrogen-bond donors (Lipinski definition) is 2. The second kappa shape index (κ2) is 11.5. The van der Waals surface area contributed by atoms with Crippen molar-refractivity contribution in [3.63, 3.8) is 0 Å². The Bertz CT molecular complexity index is 869. The number of methoxy groups -OCH3 is 2. The van der Waals surface area contributed by atoms with Crippen LogP contribution in [0.5, 0.6) is 11.5 Å². The molecule has 0 fully saturated rings. The fraction of sp³-hybridized carbons (Fsp3) is 0.318. The molecule has 8 heteroatoms. The van der Waals surface area contributed by atoms with Crippen molar-refractivity contribution in [2.45, 2.75) is 32.4 Å². The fourth-order valence-electron chi connectivity index (χ4n) is 2.63. The Balaban J connectivity index is 1.75. The zero-order valence-corrected chi connectivity index (χ0v) is 17.3. The highest BCUT2D eigenvalue weighted by Crippen LogP contribution is 2.28. The van der Waals surface area contributed by atoms with Gasteiger partial charge < -0.3 is 19.5 Å². The van der Waals surface area contributed by atoms with Crippen LogP contribution < -0.4 is 20.1 Å². The number of nitrogens with one attached hydrogen (secondary N) is 2. The zero-order valence-electron chi connectivity index (χ0n) is 17.3. The summed E-state index contributed by atoms with van der Waals surface area (Å²) in [5, 5.41) is 4.73. The van der Waals surface area contributed by atoms with Crippen molar-refractivity contribution in [3.05, 3.63) is 59.7 Å². The van der Waals surface area contributed by atoms with Gasteiger partial charge in [0.2, 0.25) is 0 Å². The van der Waals surface area contributed by atoms with Crippen molar-refractivity contribution in [1.29, 1.82) is 0 Å². The molecule has 0 saturated heterocycles. The normalized spacial score (nSPS) is 11.2. The molecule has 2 aromatic carbocycles. The minimum Gasteiger partial charge on any atom is -0.493 e. The molecule has 2 rings (SSSR count). The van der Waals surface area contributed by atoms with Gasteiger partial charge in [-0.25, -0.2) is 4.79 Å². The van der Waals surface area contributed by atoms with Gasteiger partial charge in [0, 0.05) is 13.0 Å². The molecule has 0 saturated carbocycles. The number of amides is 3. The Morgan fingerprint density at radius 3 is 2.30 bits per heavy atom. The molecule has 1 atom stereocenters. The lowest BCUT2D eigenvalue weighted by atomic mass is 10.1. The summed E-state index contributed by atoms with van der Waals surface area (Å²) < 4.78 is 15.5. The number of hydrogen-bond acceptors (Lipinski definition) is 6. The molecule has 0 aliphatic heterocycles. The molecule has 3 amide bonds. The first-order valence-electron chi connectivity index (χ1n) is 9.46. The highest BCUT2D eigenvalue weighted by atomic mass is 16.5. The van der Waals surface area contributed by atoms with Crippen LogP contribution in [0.4, 0.5) is 4.79 Å². The van der Waals surface area contributed by atoms with Crippen LogP contribution in [-0.2, 0) is 27.3 Å². The Hall–Kier alpha value is -3.55. The van der Waals surface area contributed by atoms with E-state index in [9.17, 15) is 14.4 Å². The topological polar surface area (TPSA) is 103 Å². The van der Waals surface area contributed by atoms with Crippen LogP contribution in [0.15, 0.2) is 48.5 Å². The smallest absolute Gasteiger partial charge is 0.321 e. The maximum absolute atomic E-state index is 12.0. The van der Waals surface area contributed by atoms with E-state index in [0.29, 0.717) is 17.9 Å². The van der Waals surface area contributed by atoms with Crippen molar-refractivity contribution in [3.8, 4) is 11.5 Å². The van der Waals surface area contributed by atoms with E-state index in [4.69, 9.17) is 14.2 Å². The number of imide groups is 1. The molecule has 0 spiro atoms. The number of benzene rings is 2. The Kier molecular flexibility index (Phi) is 8.68. The van der Waals surface area contributed by atoms with E-state index in [1.54, 1.807) is 19.2 Å². The first-order chi connectivity index (χ1) is 14.4. The quantitative estimate of drug-likeness (QED) is 0.612. The van der Waals surface area contributed by atoms with Gasteiger partial charge in [0.1, 0.15) is 0 Å². The minimum atomic E-state index is -1.09. The molecule has 0 radical (unpaired) electrons. The molecule has 0 bridgehead atoms. The van der Waals surface area contributed by atoms with E-state index in [0.717, 1.165) is 11.1 Å². The number of carbonyl (C=O) groups is 3. The van der Waals surface area contributed by atoms with E-state index in [2.05, 4.69) is 10.6 Å². The Morgan fingerprint density at radius 1 is 0.933 bits per heavy atom. The van der Waals surface area contributed by atoms with Gasteiger partial charge >= 0.3 is 12.0 Å². The van der Waals surface area contributed by atoms with Crippen molar-refractivity contribution in [2.24, 2.45) is 0 Å². The van der Waals surface area contributed by atoms with Crippen molar-refractivity contribution >= 4 is 17.9 Å². The molecule has 0 aromatic heterocycles. The lowest BCUT2D eigenvalue weighted by Crippen LogP contribution is -2.44. The SMILES string of the molecule is COc1ccc(CCC(=O)O[C@H](C)C(=O)NC(=O)NCc2ccccc2)cc1OC. The van der Waals surface area contributed by atoms with Crippen molar-refractivity contribution < 1.29 is 28.6 Å². The predicted octanol–water partition coefficient (Wildman–Crippen LogP) is 2.59. The summed E-state index contributed by atoms with van der Waals surface area (Å²) >= 11 is 0. The van der Waals surface area contributed by atoms with Crippen LogP contribution in [0, 0.1) is 0 Å². The molecule has 0 aliphatic rings. The van der Waals surface area contributed by atoms with E-state index >= 15 is 0 Å². The molecular weight excluding hydrogens is 388 g/mol. The summed E-state index contributed by atoms with van der Waals surface area (Å²) in [7, 11) is 3.08. The van der Waals surface area contributed by atoms with Gasteiger partial charge in [-0.2, -0.15) is 0 Å². The van der Waals surface area contributed by atoms with Crippen LogP contribution in [0.1, 0.15) is 24.5 Å². The van der Waals surface area contributed by atoms with Crippen LogP contribution >= 0.6 is 0 Å². The molecular formula is C22H26N2O6. The van der Waals surface area contributed by atoms with Gasteiger partial charge in [0.15, 0.2) is 17.6 Å². The lowest BCUT2D eigenvalue weighted by Gasteiger charge is -2.14. The average Bonchev–Trinajstić information content (AvgIpc) is 2.76. The highest BCUT2D eigenvalue weighted by Gasteiger charge is 2.20. The van der Waals surface area contributed by atoms with Crippen molar-refractivity contribution in [2.75, 3.05) is 14.2 Å². The first kappa shape index (κ1) is 22.7. The number of urea groups is 1. The third kappa shape index (κ3) is 7.12. The molecule has 160 valence electrons. The second-order valence-corrected chi connectivity index (χ2v) is 6.48. The summed E-state index contributed by atoms with van der Waals surface area (Å²) in [6.45, 7) is 1.69. The second-order valence-electron chi connectivity index (χ2n) is 6.48. The Labute approximate surface area is 175 Å². The fourth-order valence-corrected chi connectivity index (χ4v) is 2.63. The molecule has 30 heavy (non-hydrogen) atoms. The molecule has 0 unspecified atom stereocenters. The van der Waals surface area contributed by atoms with Crippen molar-refractivity contribution in [1.82, 2.24) is 10.6 Å². The molecule has 2 aromatic rings. The maximum atomic E-state index is 12.0. The van der Waals surface area contributed by atoms with Gasteiger partial charge in [-0.15, -0.1) is 0 Å². The zero-order chi connectivity index (χ0) is 21.9. The summed E-state index contributed by atoms with van der Waals surface area (Å²) in [6.07, 6.45) is -0.608. The molecule has 8 nitrogen and oxygen atoms in total. The number of carbonyl (C=O) groups excluding carboxylic acids is 3. The van der Waals surface area contributed by atoms with Crippen LogP contribution in [0.2, 0.25) is 0 Å². The summed E-state index contributed by atoms with van der Waals surface area (Å²) in [5.41, 5.74) is 1.76. The molecule has 0 aliphatic carbocycles. The van der Waals surface area contributed by atoms with Crippen LogP contribution in [0.3, 0.4) is 0 Å².